The van der Waals surface area contributed by atoms with Crippen molar-refractivity contribution in [3.63, 3.8) is 0 Å². The van der Waals surface area contributed by atoms with Crippen molar-refractivity contribution >= 4 is 56.2 Å². The molecule has 0 radical (unpaired) electrons. The van der Waals surface area contributed by atoms with Crippen LogP contribution in [0.5, 0.6) is 5.75 Å². The average Bonchev–Trinajstić information content (AvgIpc) is 3.53. The highest BCUT2D eigenvalue weighted by atomic mass is 35.5. The number of ether oxygens (including phenoxy) is 1. The van der Waals surface area contributed by atoms with E-state index in [-0.39, 0.29) is 38.5 Å². The van der Waals surface area contributed by atoms with Crippen molar-refractivity contribution in [2.75, 3.05) is 51.3 Å². The smallest absolute Gasteiger partial charge is 0.252 e. The fraction of sp³-hybridized carbons (Fsp3) is 0.346. The first-order chi connectivity index (χ1) is 17.8. The van der Waals surface area contributed by atoms with E-state index < -0.39 is 15.9 Å². The van der Waals surface area contributed by atoms with Crippen LogP contribution in [0.2, 0.25) is 9.36 Å². The molecular formula is C26H27Cl2N3O4S2. The average molecular weight is 581 g/mol. The van der Waals surface area contributed by atoms with Gasteiger partial charge in [0.1, 0.15) is 14.3 Å². The number of amides is 1. The molecule has 3 aromatic rings. The van der Waals surface area contributed by atoms with E-state index in [9.17, 15) is 13.2 Å². The molecule has 3 heterocycles. The lowest BCUT2D eigenvalue weighted by Gasteiger charge is -2.38. The van der Waals surface area contributed by atoms with Crippen LogP contribution >= 0.6 is 34.5 Å². The number of hydrogen-bond acceptors (Lipinski definition) is 6. The molecule has 1 aromatic heterocycles. The van der Waals surface area contributed by atoms with E-state index >= 15 is 0 Å². The van der Waals surface area contributed by atoms with Gasteiger partial charge in [-0.3, -0.25) is 4.79 Å². The number of thiophene rings is 1. The van der Waals surface area contributed by atoms with E-state index in [2.05, 4.69) is 4.90 Å². The Balaban J connectivity index is 1.36. The lowest BCUT2D eigenvalue weighted by atomic mass is 9.88. The van der Waals surface area contributed by atoms with Crippen molar-refractivity contribution in [1.82, 2.24) is 9.21 Å². The number of carbonyl (C=O) groups excluding carboxylic acids is 1. The molecule has 7 nitrogen and oxygen atoms in total. The summed E-state index contributed by atoms with van der Waals surface area (Å²) in [5.74, 6) is 0.0489. The van der Waals surface area contributed by atoms with Crippen LogP contribution in [0.3, 0.4) is 0 Å². The summed E-state index contributed by atoms with van der Waals surface area (Å²) in [6.45, 7) is 2.78. The van der Waals surface area contributed by atoms with Crippen LogP contribution in [-0.2, 0) is 14.8 Å². The normalized spacial score (nSPS) is 20.8. The zero-order valence-electron chi connectivity index (χ0n) is 20.2. The van der Waals surface area contributed by atoms with Crippen molar-refractivity contribution in [2.45, 2.75) is 10.1 Å². The van der Waals surface area contributed by atoms with Gasteiger partial charge in [0.25, 0.3) is 10.0 Å². The van der Waals surface area contributed by atoms with Gasteiger partial charge in [-0.25, -0.2) is 8.42 Å². The SMILES string of the molecule is COc1ccccc1N1CCN(C(=O)[C@@H]2CN(S(=O)(=O)c3cc(Cl)c(Cl)s3)C[C@H]2c2ccccc2)CC1. The third kappa shape index (κ3) is 5.20. The third-order valence-corrected chi connectivity index (χ3v) is 11.2. The van der Waals surface area contributed by atoms with Crippen LogP contribution in [0, 0.1) is 5.92 Å². The highest BCUT2D eigenvalue weighted by Gasteiger charge is 2.45. The summed E-state index contributed by atoms with van der Waals surface area (Å²) in [5.41, 5.74) is 1.96. The van der Waals surface area contributed by atoms with Gasteiger partial charge in [-0.1, -0.05) is 65.7 Å². The zero-order valence-corrected chi connectivity index (χ0v) is 23.4. The fourth-order valence-electron chi connectivity index (χ4n) is 5.13. The summed E-state index contributed by atoms with van der Waals surface area (Å²) in [4.78, 5) is 17.9. The highest BCUT2D eigenvalue weighted by molar-refractivity contribution is 7.91. The largest absolute Gasteiger partial charge is 0.495 e. The highest BCUT2D eigenvalue weighted by Crippen LogP contribution is 2.41. The number of halogens is 2. The van der Waals surface area contributed by atoms with Crippen molar-refractivity contribution < 1.29 is 17.9 Å². The molecule has 11 heteroatoms. The molecule has 2 aromatic carbocycles. The quantitative estimate of drug-likeness (QED) is 0.419. The Kier molecular flexibility index (Phi) is 7.70. The van der Waals surface area contributed by atoms with Crippen LogP contribution in [0.25, 0.3) is 0 Å². The topological polar surface area (TPSA) is 70.2 Å². The summed E-state index contributed by atoms with van der Waals surface area (Å²) in [6.07, 6.45) is 0. The number of rotatable bonds is 6. The Morgan fingerprint density at radius 1 is 0.973 bits per heavy atom. The van der Waals surface area contributed by atoms with E-state index in [1.54, 1.807) is 7.11 Å². The van der Waals surface area contributed by atoms with Crippen molar-refractivity contribution in [3.8, 4) is 5.75 Å². The second-order valence-corrected chi connectivity index (χ2v) is 13.3. The molecule has 5 rings (SSSR count). The van der Waals surface area contributed by atoms with Gasteiger partial charge >= 0.3 is 0 Å². The molecule has 0 N–H and O–H groups in total. The Hall–Kier alpha value is -2.30. The second kappa shape index (κ2) is 10.8. The number of piperazine rings is 1. The van der Waals surface area contributed by atoms with E-state index in [4.69, 9.17) is 27.9 Å². The maximum Gasteiger partial charge on any atom is 0.252 e. The predicted molar refractivity (Wildman–Crippen MR) is 148 cm³/mol. The standard InChI is InChI=1S/C26H27Cl2N3O4S2/c1-35-23-10-6-5-9-22(23)29-11-13-30(14-12-29)26(32)20-17-31(16-19(20)18-7-3-2-4-8-18)37(33,34)24-15-21(27)25(28)36-24/h2-10,15,19-20H,11-14,16-17H2,1H3/t19-,20+/m0/s1. The monoisotopic (exact) mass is 579 g/mol. The fourth-order valence-corrected chi connectivity index (χ4v) is 8.65. The van der Waals surface area contributed by atoms with Crippen LogP contribution in [0.1, 0.15) is 11.5 Å². The van der Waals surface area contributed by atoms with Crippen molar-refractivity contribution in [3.05, 3.63) is 75.6 Å². The molecule has 2 fully saturated rings. The summed E-state index contributed by atoms with van der Waals surface area (Å²) in [7, 11) is -2.19. The van der Waals surface area contributed by atoms with Gasteiger partial charge in [0.15, 0.2) is 0 Å². The summed E-state index contributed by atoms with van der Waals surface area (Å²) >= 11 is 13.0. The number of benzene rings is 2. The number of carbonyl (C=O) groups is 1. The van der Waals surface area contributed by atoms with Gasteiger partial charge < -0.3 is 14.5 Å². The molecule has 2 aliphatic heterocycles. The molecule has 2 atom stereocenters. The molecular weight excluding hydrogens is 553 g/mol. The van der Waals surface area contributed by atoms with E-state index in [1.165, 1.54) is 10.4 Å². The first-order valence-electron chi connectivity index (χ1n) is 12.0. The Bertz CT molecular complexity index is 1360. The Morgan fingerprint density at radius 3 is 2.30 bits per heavy atom. The van der Waals surface area contributed by atoms with Crippen LogP contribution in [0.15, 0.2) is 64.9 Å². The maximum atomic E-state index is 13.8. The molecule has 0 bridgehead atoms. The Labute approximate surface area is 231 Å². The molecule has 0 unspecified atom stereocenters. The molecule has 0 saturated carbocycles. The first kappa shape index (κ1) is 26.3. The number of nitrogens with zero attached hydrogens (tertiary/aromatic N) is 3. The third-order valence-electron chi connectivity index (χ3n) is 7.07. The summed E-state index contributed by atoms with van der Waals surface area (Å²) in [6, 6.07) is 18.9. The summed E-state index contributed by atoms with van der Waals surface area (Å²) < 4.78 is 34.1. The zero-order chi connectivity index (χ0) is 26.2. The van der Waals surface area contributed by atoms with Crippen molar-refractivity contribution in [2.24, 2.45) is 5.92 Å². The van der Waals surface area contributed by atoms with Gasteiger partial charge in [0.2, 0.25) is 5.91 Å². The maximum absolute atomic E-state index is 13.8. The summed E-state index contributed by atoms with van der Waals surface area (Å²) in [5, 5.41) is 0.213. The molecule has 0 aliphatic carbocycles. The van der Waals surface area contributed by atoms with Gasteiger partial charge in [-0.15, -0.1) is 11.3 Å². The molecule has 2 saturated heterocycles. The van der Waals surface area contributed by atoms with Gasteiger partial charge in [0, 0.05) is 45.2 Å². The lowest BCUT2D eigenvalue weighted by Crippen LogP contribution is -2.51. The minimum Gasteiger partial charge on any atom is -0.495 e. The second-order valence-electron chi connectivity index (χ2n) is 9.12. The van der Waals surface area contributed by atoms with Gasteiger partial charge in [0.05, 0.1) is 23.7 Å². The number of sulfonamides is 1. The minimum absolute atomic E-state index is 0.0199. The van der Waals surface area contributed by atoms with Gasteiger partial charge in [-0.2, -0.15) is 4.31 Å². The number of hydrogen-bond donors (Lipinski definition) is 0. The Morgan fingerprint density at radius 2 is 1.65 bits per heavy atom. The first-order valence-corrected chi connectivity index (χ1v) is 15.0. The number of methoxy groups -OCH3 is 1. The van der Waals surface area contributed by atoms with Crippen LogP contribution < -0.4 is 9.64 Å². The van der Waals surface area contributed by atoms with Gasteiger partial charge in [-0.05, 0) is 23.8 Å². The predicted octanol–water partition coefficient (Wildman–Crippen LogP) is 4.82. The minimum atomic E-state index is -3.84. The van der Waals surface area contributed by atoms with Crippen LogP contribution in [0.4, 0.5) is 5.69 Å². The van der Waals surface area contributed by atoms with E-state index in [0.717, 1.165) is 28.3 Å². The molecule has 0 spiro atoms. The molecule has 1 amide bonds. The lowest BCUT2D eigenvalue weighted by molar-refractivity contribution is -0.135. The van der Waals surface area contributed by atoms with E-state index in [0.29, 0.717) is 26.2 Å². The molecule has 2 aliphatic rings. The number of anilines is 1. The number of para-hydroxylation sites is 2. The van der Waals surface area contributed by atoms with Crippen molar-refractivity contribution in [1.29, 1.82) is 0 Å². The van der Waals surface area contributed by atoms with Crippen LogP contribution in [-0.4, -0.2) is 69.9 Å². The molecule has 196 valence electrons. The van der Waals surface area contributed by atoms with E-state index in [1.807, 2.05) is 59.5 Å². The molecule has 37 heavy (non-hydrogen) atoms.